The predicted molar refractivity (Wildman–Crippen MR) is 105 cm³/mol. The number of halogens is 1. The lowest BCUT2D eigenvalue weighted by atomic mass is 10.1. The Morgan fingerprint density at radius 1 is 1.12 bits per heavy atom. The Hall–Kier alpha value is -1.98. The van der Waals surface area contributed by atoms with Crippen LogP contribution < -0.4 is 10.7 Å². The van der Waals surface area contributed by atoms with E-state index in [1.165, 1.54) is 0 Å². The Balaban J connectivity index is 1.84. The molecule has 0 aliphatic rings. The van der Waals surface area contributed by atoms with Crippen molar-refractivity contribution < 1.29 is 0 Å². The van der Waals surface area contributed by atoms with E-state index in [4.69, 9.17) is 23.8 Å². The topological polar surface area (TPSA) is 49.3 Å². The van der Waals surface area contributed by atoms with Gasteiger partial charge in [0, 0.05) is 30.7 Å². The average Bonchev–Trinajstić information content (AvgIpc) is 2.63. The van der Waals surface area contributed by atoms with Crippen LogP contribution in [0.15, 0.2) is 59.8 Å². The van der Waals surface area contributed by atoms with Crippen LogP contribution in [0.1, 0.15) is 24.1 Å². The molecule has 0 bridgehead atoms. The summed E-state index contributed by atoms with van der Waals surface area (Å²) in [5.41, 5.74) is 5.98. The fourth-order valence-corrected chi connectivity index (χ4v) is 2.42. The van der Waals surface area contributed by atoms with Gasteiger partial charge in [-0.25, -0.2) is 0 Å². The maximum atomic E-state index is 5.80. The van der Waals surface area contributed by atoms with Crippen molar-refractivity contribution >= 4 is 34.6 Å². The van der Waals surface area contributed by atoms with Crippen molar-refractivity contribution in [2.45, 2.75) is 19.3 Å². The molecule has 24 heavy (non-hydrogen) atoms. The van der Waals surface area contributed by atoms with E-state index in [9.17, 15) is 0 Å². The smallest absolute Gasteiger partial charge is 0.186 e. The van der Waals surface area contributed by atoms with Gasteiger partial charge in [0.15, 0.2) is 5.11 Å². The minimum absolute atomic E-state index is 0.505. The molecule has 0 radical (unpaired) electrons. The van der Waals surface area contributed by atoms with Gasteiger partial charge in [-0.1, -0.05) is 36.4 Å². The number of hydrazone groups is 1. The normalized spacial score (nSPS) is 11.1. The number of pyridine rings is 1. The average molecular weight is 361 g/mol. The third-order valence-corrected chi connectivity index (χ3v) is 3.84. The maximum absolute atomic E-state index is 5.80. The third-order valence-electron chi connectivity index (χ3n) is 3.34. The van der Waals surface area contributed by atoms with E-state index in [2.05, 4.69) is 20.8 Å². The first-order valence-corrected chi connectivity index (χ1v) is 8.85. The molecule has 0 saturated heterocycles. The van der Waals surface area contributed by atoms with E-state index < -0.39 is 0 Å². The number of hydrogen-bond donors (Lipinski definition) is 2. The zero-order valence-electron chi connectivity index (χ0n) is 13.4. The number of nitrogens with one attached hydrogen (secondary N) is 2. The maximum Gasteiger partial charge on any atom is 0.186 e. The van der Waals surface area contributed by atoms with Crippen molar-refractivity contribution in [1.82, 2.24) is 15.7 Å². The highest BCUT2D eigenvalue weighted by Gasteiger charge is 2.04. The lowest BCUT2D eigenvalue weighted by Crippen LogP contribution is -2.34. The second-order valence-electron chi connectivity index (χ2n) is 5.16. The number of rotatable bonds is 8. The molecule has 0 spiro atoms. The molecule has 0 aliphatic heterocycles. The molecule has 0 aliphatic carbocycles. The van der Waals surface area contributed by atoms with Crippen molar-refractivity contribution in [3.8, 4) is 0 Å². The van der Waals surface area contributed by atoms with Crippen LogP contribution in [-0.2, 0) is 6.42 Å². The summed E-state index contributed by atoms with van der Waals surface area (Å²) in [6.07, 6.45) is 4.28. The third kappa shape index (κ3) is 6.64. The first kappa shape index (κ1) is 18.4. The molecule has 1 heterocycles. The van der Waals surface area contributed by atoms with Crippen LogP contribution in [0, 0.1) is 0 Å². The number of hydrogen-bond acceptors (Lipinski definition) is 3. The molecule has 2 N–H and O–H groups in total. The Bertz CT molecular complexity index is 647. The lowest BCUT2D eigenvalue weighted by Gasteiger charge is -2.10. The Labute approximate surface area is 153 Å². The minimum atomic E-state index is 0.505. The van der Waals surface area contributed by atoms with Crippen LogP contribution in [0.2, 0.25) is 0 Å². The largest absolute Gasteiger partial charge is 0.361 e. The summed E-state index contributed by atoms with van der Waals surface area (Å²) in [5.74, 6) is 0.610. The van der Waals surface area contributed by atoms with Crippen molar-refractivity contribution in [2.75, 3.05) is 12.4 Å². The van der Waals surface area contributed by atoms with Crippen LogP contribution in [-0.4, -0.2) is 28.2 Å². The van der Waals surface area contributed by atoms with Crippen molar-refractivity contribution in [3.63, 3.8) is 0 Å². The van der Waals surface area contributed by atoms with Crippen LogP contribution >= 0.6 is 23.8 Å². The summed E-state index contributed by atoms with van der Waals surface area (Å²) in [6, 6.07) is 15.9. The van der Waals surface area contributed by atoms with Crippen LogP contribution in [0.25, 0.3) is 0 Å². The second-order valence-corrected chi connectivity index (χ2v) is 5.94. The number of aromatic nitrogens is 1. The van der Waals surface area contributed by atoms with Gasteiger partial charge in [0.1, 0.15) is 0 Å². The SMILES string of the molecule is S=C(NCCc1ccccn1)NN=C(CCCCl)c1ccccc1. The van der Waals surface area contributed by atoms with E-state index in [-0.39, 0.29) is 0 Å². The molecule has 0 atom stereocenters. The van der Waals surface area contributed by atoms with Crippen molar-refractivity contribution in [1.29, 1.82) is 0 Å². The zero-order chi connectivity index (χ0) is 17.0. The number of alkyl halides is 1. The summed E-state index contributed by atoms with van der Waals surface area (Å²) in [4.78, 5) is 4.28. The van der Waals surface area contributed by atoms with E-state index in [1.54, 1.807) is 6.20 Å². The van der Waals surface area contributed by atoms with Gasteiger partial charge >= 0.3 is 0 Å². The van der Waals surface area contributed by atoms with Crippen molar-refractivity contribution in [3.05, 3.63) is 66.0 Å². The van der Waals surface area contributed by atoms with Crippen LogP contribution in [0.5, 0.6) is 0 Å². The Morgan fingerprint density at radius 3 is 2.62 bits per heavy atom. The molecule has 1 aromatic carbocycles. The molecule has 0 saturated carbocycles. The number of thiocarbonyl (C=S) groups is 1. The second kappa shape index (κ2) is 10.7. The highest BCUT2D eigenvalue weighted by atomic mass is 35.5. The Kier molecular flexibility index (Phi) is 8.21. The molecule has 1 aromatic heterocycles. The molecule has 0 fully saturated rings. The van der Waals surface area contributed by atoms with E-state index in [0.29, 0.717) is 17.5 Å². The van der Waals surface area contributed by atoms with E-state index in [0.717, 1.165) is 36.2 Å². The first-order valence-electron chi connectivity index (χ1n) is 7.91. The van der Waals surface area contributed by atoms with Gasteiger partial charge in [-0.05, 0) is 42.8 Å². The van der Waals surface area contributed by atoms with Crippen molar-refractivity contribution in [2.24, 2.45) is 5.10 Å². The number of nitrogens with zero attached hydrogens (tertiary/aromatic N) is 2. The lowest BCUT2D eigenvalue weighted by molar-refractivity contribution is 0.817. The van der Waals surface area contributed by atoms with E-state index in [1.807, 2.05) is 48.5 Å². The van der Waals surface area contributed by atoms with Gasteiger partial charge in [-0.2, -0.15) is 5.10 Å². The molecule has 2 rings (SSSR count). The fourth-order valence-electron chi connectivity index (χ4n) is 2.14. The molecular weight excluding hydrogens is 340 g/mol. The van der Waals surface area contributed by atoms with Gasteiger partial charge in [0.05, 0.1) is 5.71 Å². The van der Waals surface area contributed by atoms with Gasteiger partial charge in [-0.15, -0.1) is 11.6 Å². The highest BCUT2D eigenvalue weighted by Crippen LogP contribution is 2.07. The molecule has 6 heteroatoms. The molecule has 0 amide bonds. The summed E-state index contributed by atoms with van der Waals surface area (Å²) in [7, 11) is 0. The summed E-state index contributed by atoms with van der Waals surface area (Å²) >= 11 is 11.1. The van der Waals surface area contributed by atoms with E-state index >= 15 is 0 Å². The van der Waals surface area contributed by atoms with Gasteiger partial charge in [0.2, 0.25) is 0 Å². The monoisotopic (exact) mass is 360 g/mol. The molecule has 4 nitrogen and oxygen atoms in total. The quantitative estimate of drug-likeness (QED) is 0.327. The van der Waals surface area contributed by atoms with Gasteiger partial charge < -0.3 is 5.32 Å². The summed E-state index contributed by atoms with van der Waals surface area (Å²) < 4.78 is 0. The molecule has 2 aromatic rings. The number of benzene rings is 1. The predicted octanol–water partition coefficient (Wildman–Crippen LogP) is 3.51. The van der Waals surface area contributed by atoms with Crippen LogP contribution in [0.3, 0.4) is 0 Å². The summed E-state index contributed by atoms with van der Waals surface area (Å²) in [6.45, 7) is 0.709. The molecule has 126 valence electrons. The first-order chi connectivity index (χ1) is 11.8. The zero-order valence-corrected chi connectivity index (χ0v) is 15.0. The summed E-state index contributed by atoms with van der Waals surface area (Å²) in [5, 5.41) is 8.09. The van der Waals surface area contributed by atoms with Gasteiger partial charge in [0.25, 0.3) is 0 Å². The minimum Gasteiger partial charge on any atom is -0.361 e. The van der Waals surface area contributed by atoms with Crippen LogP contribution in [0.4, 0.5) is 0 Å². The molecule has 0 unspecified atom stereocenters. The van der Waals surface area contributed by atoms with Gasteiger partial charge in [-0.3, -0.25) is 10.4 Å². The molecular formula is C18H21ClN4S. The highest BCUT2D eigenvalue weighted by molar-refractivity contribution is 7.80. The fraction of sp³-hybridized carbons (Fsp3) is 0.278. The Morgan fingerprint density at radius 2 is 1.92 bits per heavy atom. The standard InChI is InChI=1S/C18H21ClN4S/c19-12-6-10-17(15-7-2-1-3-8-15)22-23-18(24)21-14-11-16-9-4-5-13-20-16/h1-5,7-9,13H,6,10-12,14H2,(H2,21,23,24).